The molecule has 0 spiro atoms. The predicted octanol–water partition coefficient (Wildman–Crippen LogP) is 0.656. The van der Waals surface area contributed by atoms with E-state index in [4.69, 9.17) is 9.47 Å². The Labute approximate surface area is 183 Å². The van der Waals surface area contributed by atoms with Gasteiger partial charge >= 0.3 is 11.9 Å². The molecule has 182 valence electrons. The number of esters is 2. The van der Waals surface area contributed by atoms with Gasteiger partial charge in [0, 0.05) is 32.6 Å². The summed E-state index contributed by atoms with van der Waals surface area (Å²) in [6.45, 7) is 8.18. The van der Waals surface area contributed by atoms with E-state index in [1.54, 1.807) is 11.8 Å². The molecule has 1 saturated heterocycles. The summed E-state index contributed by atoms with van der Waals surface area (Å²) in [4.78, 5) is 47.3. The Kier molecular flexibility index (Phi) is 14.4. The van der Waals surface area contributed by atoms with Crippen molar-refractivity contribution in [2.24, 2.45) is 0 Å². The van der Waals surface area contributed by atoms with Gasteiger partial charge < -0.3 is 24.5 Å². The molecule has 1 fully saturated rings. The van der Waals surface area contributed by atoms with Crippen LogP contribution in [0, 0.1) is 0 Å². The number of amides is 2. The van der Waals surface area contributed by atoms with E-state index in [2.05, 4.69) is 11.9 Å². The van der Waals surface area contributed by atoms with E-state index < -0.39 is 5.97 Å². The second-order valence-electron chi connectivity index (χ2n) is 6.60. The Morgan fingerprint density at radius 3 is 2.31 bits per heavy atom. The van der Waals surface area contributed by atoms with Crippen molar-refractivity contribution in [1.82, 2.24) is 15.1 Å². The Morgan fingerprint density at radius 1 is 1.09 bits per heavy atom. The van der Waals surface area contributed by atoms with Crippen LogP contribution in [-0.2, 0) is 35.3 Å². The third-order valence-electron chi connectivity index (χ3n) is 4.19. The Balaban J connectivity index is 0.000000639. The van der Waals surface area contributed by atoms with Gasteiger partial charge in [0.05, 0.1) is 6.54 Å². The summed E-state index contributed by atoms with van der Waals surface area (Å²) in [5.41, 5.74) is 1.03. The number of hydrogen-bond acceptors (Lipinski definition) is 7. The van der Waals surface area contributed by atoms with Gasteiger partial charge in [-0.05, 0) is 5.56 Å². The molecule has 1 N–H and O–H groups in total. The molecule has 0 bridgehead atoms. The van der Waals surface area contributed by atoms with Crippen molar-refractivity contribution in [2.75, 3.05) is 45.9 Å². The molecule has 0 unspecified atom stereocenters. The van der Waals surface area contributed by atoms with E-state index in [9.17, 15) is 19.2 Å². The van der Waals surface area contributed by atoms with Crippen molar-refractivity contribution in [2.45, 2.75) is 20.0 Å². The number of ether oxygens (including phenoxy) is 2. The summed E-state index contributed by atoms with van der Waals surface area (Å²) in [5.74, 6) is -0.883. The maximum Gasteiger partial charge on any atom is 0.325 e. The molecule has 1 aliphatic heterocycles. The van der Waals surface area contributed by atoms with Crippen LogP contribution in [0.3, 0.4) is 0 Å². The van der Waals surface area contributed by atoms with Crippen molar-refractivity contribution in [1.29, 1.82) is 0 Å². The molecule has 0 atom stereocenters. The fraction of sp³-hybridized carbons (Fsp3) is 0.455. The number of piperazine rings is 1. The molecular weight excluding hydrogens is 659 g/mol. The van der Waals surface area contributed by atoms with Crippen LogP contribution in [0.25, 0.3) is 0 Å². The van der Waals surface area contributed by atoms with Gasteiger partial charge in [-0.25, -0.2) is 0 Å². The third-order valence-corrected chi connectivity index (χ3v) is 4.19. The van der Waals surface area contributed by atoms with Gasteiger partial charge in [0.2, 0.25) is 5.91 Å². The van der Waals surface area contributed by atoms with Crippen LogP contribution in [-0.4, -0.2) is 79.9 Å². The van der Waals surface area contributed by atoms with Crippen LogP contribution >= 0.6 is 0 Å². The second kappa shape index (κ2) is 16.6. The van der Waals surface area contributed by atoms with Crippen LogP contribution in [0.1, 0.15) is 18.9 Å². The Morgan fingerprint density at radius 2 is 1.75 bits per heavy atom. The molecule has 0 aromatic heterocycles. The van der Waals surface area contributed by atoms with Gasteiger partial charge in [0.1, 0.15) is 19.8 Å². The minimum absolute atomic E-state index is 0. The molecule has 9 nitrogen and oxygen atoms in total. The monoisotopic (exact) mass is 689 g/mol. The van der Waals surface area contributed by atoms with E-state index in [0.717, 1.165) is 5.56 Å². The first-order valence-electron chi connectivity index (χ1n) is 10.1. The number of benzene rings is 1. The van der Waals surface area contributed by atoms with Crippen molar-refractivity contribution in [3.63, 3.8) is 0 Å². The zero-order chi connectivity index (χ0) is 22.9. The zero-order valence-corrected chi connectivity index (χ0v) is 20.6. The number of carbonyl (C=O) groups excluding carboxylic acids is 4. The number of nitrogens with one attached hydrogen (secondary N) is 1. The molecular formula is C22H30FmN3O6-. The van der Waals surface area contributed by atoms with Crippen LogP contribution in [0.5, 0.6) is 0 Å². The molecule has 32 heavy (non-hydrogen) atoms. The topological polar surface area (TPSA) is 105 Å². The van der Waals surface area contributed by atoms with Crippen molar-refractivity contribution in [3.8, 4) is 0 Å². The van der Waals surface area contributed by atoms with Gasteiger partial charge in [-0.2, -0.15) is 6.41 Å². The Bertz CT molecular complexity index is 709. The average Bonchev–Trinajstić information content (AvgIpc) is 2.81. The molecule has 0 saturated carbocycles. The van der Waals surface area contributed by atoms with Gasteiger partial charge in [0.25, 0.3) is 0 Å². The van der Waals surface area contributed by atoms with Crippen molar-refractivity contribution >= 4 is 24.3 Å². The van der Waals surface area contributed by atoms with Crippen LogP contribution in [0.2, 0.25) is 0 Å². The predicted molar refractivity (Wildman–Crippen MR) is 114 cm³/mol. The first kappa shape index (κ1) is 27.8. The fourth-order valence-corrected chi connectivity index (χ4v) is 2.47. The molecule has 1 aromatic rings. The van der Waals surface area contributed by atoms with E-state index in [1.807, 2.05) is 41.6 Å². The number of carbonyl (C=O) groups is 3. The summed E-state index contributed by atoms with van der Waals surface area (Å²) >= 11 is 0. The number of rotatable bonds is 10. The molecule has 1 heterocycles. The quantitative estimate of drug-likeness (QED) is 0.219. The van der Waals surface area contributed by atoms with Crippen molar-refractivity contribution < 1.29 is 28.7 Å². The molecule has 0 radical (unpaired) electrons. The molecule has 2 amide bonds. The average molecular weight is 689 g/mol. The van der Waals surface area contributed by atoms with Crippen LogP contribution < -0.4 is 5.32 Å². The minimum atomic E-state index is -0.492. The number of hydrogen-bond donors (Lipinski definition) is 1. The van der Waals surface area contributed by atoms with Gasteiger partial charge in [0.15, 0.2) is 0 Å². The molecule has 10 heteroatoms. The first-order valence-corrected chi connectivity index (χ1v) is 10.1. The summed E-state index contributed by atoms with van der Waals surface area (Å²) < 4.78 is 9.66. The van der Waals surface area contributed by atoms with Gasteiger partial charge in [-0.3, -0.25) is 19.3 Å². The van der Waals surface area contributed by atoms with Gasteiger partial charge in [-0.15, -0.1) is 0 Å². The molecule has 1 aromatic carbocycles. The van der Waals surface area contributed by atoms with E-state index in [0.29, 0.717) is 39.2 Å². The first-order chi connectivity index (χ1) is 15.0. The van der Waals surface area contributed by atoms with Gasteiger partial charge in [-0.1, -0.05) is 49.9 Å². The van der Waals surface area contributed by atoms with E-state index in [-0.39, 0.29) is 31.6 Å². The Hall–Kier alpha value is -4.20. The minimum Gasteiger partial charge on any atom is -0.520 e. The van der Waals surface area contributed by atoms with Crippen molar-refractivity contribution in [3.05, 3.63) is 48.6 Å². The zero-order valence-electron chi connectivity index (χ0n) is 18.2. The normalized spacial score (nSPS) is 12.8. The summed E-state index contributed by atoms with van der Waals surface area (Å²) in [5, 5.41) is 2.48. The second-order valence-corrected chi connectivity index (χ2v) is 6.60. The summed E-state index contributed by atoms with van der Waals surface area (Å²) in [6.07, 6.45) is 3.72. The fourth-order valence-electron chi connectivity index (χ4n) is 2.47. The van der Waals surface area contributed by atoms with E-state index >= 15 is 0 Å². The summed E-state index contributed by atoms with van der Waals surface area (Å²) in [6, 6.07) is 9.65. The molecule has 0 aliphatic carbocycles. The van der Waals surface area contributed by atoms with E-state index in [1.165, 1.54) is 6.08 Å². The third kappa shape index (κ3) is 12.4. The van der Waals surface area contributed by atoms with Crippen LogP contribution in [0.4, 0.5) is 0 Å². The molecule has 1 aliphatic rings. The van der Waals surface area contributed by atoms with Crippen LogP contribution in [0.15, 0.2) is 43.0 Å². The smallest absolute Gasteiger partial charge is 0.325 e. The molecule has 2 rings (SSSR count). The number of nitrogens with zero attached hydrogens (tertiary/aromatic N) is 2. The maximum absolute atomic E-state index is 11.6. The largest absolute Gasteiger partial charge is 0.520 e. The standard InChI is InChI=1S/C12H18N3O4.C10H12O2.Fm/c1-2-7-19-12(18)8-13-11(17)9-14-3-5-15(10-16)6-4-14;1-2-10(11)12-8-9-6-4-3-5-7-9;/h2H,1,3-9H2,(H,13,17);3-7H,2,8H2,1H3;/q-1;;. The SMILES string of the molecule is C=CCOC(=O)CNC(=O)CN1CCN([C-]=O)CC1.CCC(=O)OCc1ccccc1.[Fm]. The summed E-state index contributed by atoms with van der Waals surface area (Å²) in [7, 11) is 0. The maximum atomic E-state index is 11.6.